The lowest BCUT2D eigenvalue weighted by molar-refractivity contribution is -0.116. The number of anilines is 1. The van der Waals surface area contributed by atoms with Crippen molar-refractivity contribution in [1.82, 2.24) is 5.32 Å². The first-order chi connectivity index (χ1) is 9.69. The van der Waals surface area contributed by atoms with E-state index in [9.17, 15) is 9.59 Å². The predicted octanol–water partition coefficient (Wildman–Crippen LogP) is 2.13. The number of rotatable bonds is 8. The standard InChI is InChI=1S/C15H21ClN2O2/c1-3-12-6-5-7-13(4-2)15(12)18(14(20)10-16)9-8-17-11-19/h5-7,11H,3-4,8-10H2,1-2H3,(H,17,19). The lowest BCUT2D eigenvalue weighted by atomic mass is 10.0. The van der Waals surface area contributed by atoms with Crippen molar-refractivity contribution in [2.24, 2.45) is 0 Å². The molecule has 0 aromatic heterocycles. The molecule has 0 saturated carbocycles. The first-order valence-electron chi connectivity index (χ1n) is 6.83. The molecule has 1 aromatic carbocycles. The van der Waals surface area contributed by atoms with E-state index < -0.39 is 0 Å². The smallest absolute Gasteiger partial charge is 0.241 e. The Bertz CT molecular complexity index is 441. The summed E-state index contributed by atoms with van der Waals surface area (Å²) >= 11 is 5.72. The molecule has 1 aromatic rings. The molecule has 110 valence electrons. The Morgan fingerprint density at radius 2 is 1.90 bits per heavy atom. The van der Waals surface area contributed by atoms with Crippen LogP contribution in [-0.2, 0) is 22.4 Å². The summed E-state index contributed by atoms with van der Waals surface area (Å²) in [6, 6.07) is 6.06. The lowest BCUT2D eigenvalue weighted by Crippen LogP contribution is -2.38. The van der Waals surface area contributed by atoms with Crippen LogP contribution in [0.3, 0.4) is 0 Å². The molecule has 20 heavy (non-hydrogen) atoms. The summed E-state index contributed by atoms with van der Waals surface area (Å²) in [4.78, 5) is 24.2. The van der Waals surface area contributed by atoms with E-state index in [1.807, 2.05) is 18.2 Å². The maximum Gasteiger partial charge on any atom is 0.241 e. The first-order valence-corrected chi connectivity index (χ1v) is 7.37. The Labute approximate surface area is 125 Å². The highest BCUT2D eigenvalue weighted by molar-refractivity contribution is 6.29. The quantitative estimate of drug-likeness (QED) is 0.454. The van der Waals surface area contributed by atoms with Crippen molar-refractivity contribution < 1.29 is 9.59 Å². The summed E-state index contributed by atoms with van der Waals surface area (Å²) in [5.41, 5.74) is 3.18. The van der Waals surface area contributed by atoms with Gasteiger partial charge in [0.05, 0.1) is 5.69 Å². The highest BCUT2D eigenvalue weighted by Crippen LogP contribution is 2.27. The van der Waals surface area contributed by atoms with Crippen molar-refractivity contribution in [3.05, 3.63) is 29.3 Å². The van der Waals surface area contributed by atoms with Crippen LogP contribution in [0.15, 0.2) is 18.2 Å². The second-order valence-corrected chi connectivity index (χ2v) is 4.65. The Balaban J connectivity index is 3.17. The van der Waals surface area contributed by atoms with Crippen LogP contribution >= 0.6 is 11.6 Å². The number of halogens is 1. The second-order valence-electron chi connectivity index (χ2n) is 4.38. The summed E-state index contributed by atoms with van der Waals surface area (Å²) in [6.07, 6.45) is 2.32. The molecule has 0 bridgehead atoms. The molecule has 1 N–H and O–H groups in total. The molecule has 1 rings (SSSR count). The number of aryl methyl sites for hydroxylation is 2. The Morgan fingerprint density at radius 1 is 1.30 bits per heavy atom. The van der Waals surface area contributed by atoms with Crippen molar-refractivity contribution in [1.29, 1.82) is 0 Å². The van der Waals surface area contributed by atoms with Crippen LogP contribution in [-0.4, -0.2) is 31.3 Å². The fraction of sp³-hybridized carbons (Fsp3) is 0.467. The van der Waals surface area contributed by atoms with E-state index in [2.05, 4.69) is 19.2 Å². The first kappa shape index (κ1) is 16.5. The van der Waals surface area contributed by atoms with Gasteiger partial charge in [-0.2, -0.15) is 0 Å². The number of carbonyl (C=O) groups is 2. The van der Waals surface area contributed by atoms with Gasteiger partial charge in [0.1, 0.15) is 5.88 Å². The summed E-state index contributed by atoms with van der Waals surface area (Å²) in [6.45, 7) is 4.96. The van der Waals surface area contributed by atoms with Gasteiger partial charge in [-0.05, 0) is 24.0 Å². The van der Waals surface area contributed by atoms with Crippen LogP contribution in [0.25, 0.3) is 0 Å². The van der Waals surface area contributed by atoms with Gasteiger partial charge < -0.3 is 10.2 Å². The topological polar surface area (TPSA) is 49.4 Å². The number of carbonyl (C=O) groups excluding carboxylic acids is 2. The van der Waals surface area contributed by atoms with E-state index in [1.165, 1.54) is 0 Å². The third kappa shape index (κ3) is 3.97. The predicted molar refractivity (Wildman–Crippen MR) is 82.3 cm³/mol. The van der Waals surface area contributed by atoms with Gasteiger partial charge in [0.15, 0.2) is 0 Å². The minimum absolute atomic E-state index is 0.0672. The van der Waals surface area contributed by atoms with Crippen molar-refractivity contribution in [3.8, 4) is 0 Å². The highest BCUT2D eigenvalue weighted by Gasteiger charge is 2.19. The van der Waals surface area contributed by atoms with Gasteiger partial charge in [0.25, 0.3) is 0 Å². The van der Waals surface area contributed by atoms with E-state index in [1.54, 1.807) is 4.90 Å². The van der Waals surface area contributed by atoms with Crippen molar-refractivity contribution in [2.75, 3.05) is 23.9 Å². The third-order valence-electron chi connectivity index (χ3n) is 3.21. The van der Waals surface area contributed by atoms with Gasteiger partial charge >= 0.3 is 0 Å². The molecule has 4 nitrogen and oxygen atoms in total. The highest BCUT2D eigenvalue weighted by atomic mass is 35.5. The number of para-hydroxylation sites is 1. The number of amides is 2. The molecule has 0 heterocycles. The number of nitrogens with zero attached hydrogens (tertiary/aromatic N) is 1. The molecule has 0 unspecified atom stereocenters. The van der Waals surface area contributed by atoms with Gasteiger partial charge in [-0.1, -0.05) is 32.0 Å². The third-order valence-corrected chi connectivity index (χ3v) is 3.44. The molecule has 0 fully saturated rings. The Hall–Kier alpha value is -1.55. The van der Waals surface area contributed by atoms with Crippen LogP contribution in [0.5, 0.6) is 0 Å². The summed E-state index contributed by atoms with van der Waals surface area (Å²) in [5, 5.41) is 2.58. The number of hydrogen-bond donors (Lipinski definition) is 1. The zero-order valence-corrected chi connectivity index (χ0v) is 12.7. The monoisotopic (exact) mass is 296 g/mol. The van der Waals surface area contributed by atoms with E-state index in [4.69, 9.17) is 11.6 Å². The molecule has 0 atom stereocenters. The van der Waals surface area contributed by atoms with Crippen molar-refractivity contribution in [2.45, 2.75) is 26.7 Å². The average molecular weight is 297 g/mol. The molecule has 0 aliphatic heterocycles. The van der Waals surface area contributed by atoms with Crippen LogP contribution in [0.4, 0.5) is 5.69 Å². The molecule has 0 saturated heterocycles. The van der Waals surface area contributed by atoms with Crippen LogP contribution in [0, 0.1) is 0 Å². The molecule has 0 aliphatic rings. The van der Waals surface area contributed by atoms with Gasteiger partial charge in [0.2, 0.25) is 12.3 Å². The summed E-state index contributed by atoms with van der Waals surface area (Å²) in [7, 11) is 0. The number of alkyl halides is 1. The van der Waals surface area contributed by atoms with Gasteiger partial charge in [-0.15, -0.1) is 11.6 Å². The molecule has 5 heteroatoms. The maximum absolute atomic E-state index is 12.1. The zero-order valence-electron chi connectivity index (χ0n) is 12.0. The Kier molecular flexibility index (Phi) is 7.09. The van der Waals surface area contributed by atoms with Crippen molar-refractivity contribution in [3.63, 3.8) is 0 Å². The fourth-order valence-corrected chi connectivity index (χ4v) is 2.37. The molecule has 0 spiro atoms. The van der Waals surface area contributed by atoms with Gasteiger partial charge in [-0.25, -0.2) is 0 Å². The summed E-state index contributed by atoms with van der Waals surface area (Å²) in [5.74, 6) is -0.211. The molecule has 2 amide bonds. The second kappa shape index (κ2) is 8.59. The van der Waals surface area contributed by atoms with Crippen LogP contribution in [0.1, 0.15) is 25.0 Å². The van der Waals surface area contributed by atoms with E-state index in [0.717, 1.165) is 29.7 Å². The van der Waals surface area contributed by atoms with E-state index in [-0.39, 0.29) is 11.8 Å². The normalized spacial score (nSPS) is 10.2. The minimum atomic E-state index is -0.144. The number of hydrogen-bond acceptors (Lipinski definition) is 2. The van der Waals surface area contributed by atoms with Crippen LogP contribution < -0.4 is 10.2 Å². The van der Waals surface area contributed by atoms with Crippen molar-refractivity contribution >= 4 is 29.6 Å². The maximum atomic E-state index is 12.1. The van der Waals surface area contributed by atoms with Crippen LogP contribution in [0.2, 0.25) is 0 Å². The molecular formula is C15H21ClN2O2. The zero-order chi connectivity index (χ0) is 15.0. The SMILES string of the molecule is CCc1cccc(CC)c1N(CCNC=O)C(=O)CCl. The molecule has 0 aliphatic carbocycles. The van der Waals surface area contributed by atoms with E-state index >= 15 is 0 Å². The van der Waals surface area contributed by atoms with E-state index in [0.29, 0.717) is 19.5 Å². The average Bonchev–Trinajstić information content (AvgIpc) is 2.50. The molecular weight excluding hydrogens is 276 g/mol. The number of nitrogens with one attached hydrogen (secondary N) is 1. The lowest BCUT2D eigenvalue weighted by Gasteiger charge is -2.27. The Morgan fingerprint density at radius 3 is 2.35 bits per heavy atom. The number of benzene rings is 1. The molecule has 0 radical (unpaired) electrons. The largest absolute Gasteiger partial charge is 0.357 e. The van der Waals surface area contributed by atoms with Gasteiger partial charge in [-0.3, -0.25) is 9.59 Å². The minimum Gasteiger partial charge on any atom is -0.357 e. The van der Waals surface area contributed by atoms with Gasteiger partial charge in [0, 0.05) is 13.1 Å². The summed E-state index contributed by atoms with van der Waals surface area (Å²) < 4.78 is 0. The fourth-order valence-electron chi connectivity index (χ4n) is 2.23.